The van der Waals surface area contributed by atoms with Gasteiger partial charge < -0.3 is 10.2 Å². The molecule has 5 nitrogen and oxygen atoms in total. The van der Waals surface area contributed by atoms with E-state index < -0.39 is 0 Å². The number of nitrogens with one attached hydrogen (secondary N) is 1. The summed E-state index contributed by atoms with van der Waals surface area (Å²) in [7, 11) is 0. The molecule has 0 unspecified atom stereocenters. The number of hydrogen-bond donors (Lipinski definition) is 1. The molecule has 1 aromatic rings. The molecule has 2 rings (SSSR count). The van der Waals surface area contributed by atoms with Gasteiger partial charge in [0.1, 0.15) is 10.8 Å². The molecule has 1 aliphatic heterocycles. The first-order valence-electron chi connectivity index (χ1n) is 5.86. The van der Waals surface area contributed by atoms with Crippen LogP contribution in [0.3, 0.4) is 0 Å². The van der Waals surface area contributed by atoms with Gasteiger partial charge in [-0.1, -0.05) is 11.6 Å². The molecule has 1 aromatic heterocycles. The van der Waals surface area contributed by atoms with Crippen molar-refractivity contribution in [1.29, 1.82) is 0 Å². The maximum Gasteiger partial charge on any atom is 0.241 e. The highest BCUT2D eigenvalue weighted by molar-refractivity contribution is 6.33. The van der Waals surface area contributed by atoms with Crippen molar-refractivity contribution in [2.45, 2.75) is 19.3 Å². The number of likely N-dealkylation sites (tertiary alicyclic amines) is 1. The fourth-order valence-corrected chi connectivity index (χ4v) is 2.18. The van der Waals surface area contributed by atoms with Crippen LogP contribution < -0.4 is 5.32 Å². The molecule has 0 spiro atoms. The lowest BCUT2D eigenvalue weighted by Gasteiger charge is -2.26. The van der Waals surface area contributed by atoms with Crippen molar-refractivity contribution in [3.63, 3.8) is 0 Å². The van der Waals surface area contributed by atoms with Gasteiger partial charge in [0.15, 0.2) is 0 Å². The summed E-state index contributed by atoms with van der Waals surface area (Å²) in [5.74, 6) is 0.447. The van der Waals surface area contributed by atoms with Gasteiger partial charge in [-0.15, -0.1) is 0 Å². The summed E-state index contributed by atoms with van der Waals surface area (Å²) in [4.78, 5) is 21.4. The molecule has 0 bridgehead atoms. The minimum atomic E-state index is 0.0560. The first kappa shape index (κ1) is 13.4. The zero-order valence-electron chi connectivity index (χ0n) is 9.83. The molecule has 18 heavy (non-hydrogen) atoms. The number of carbonyl (C=O) groups excluding carboxylic acids is 1. The van der Waals surface area contributed by atoms with Crippen LogP contribution in [0.25, 0.3) is 0 Å². The van der Waals surface area contributed by atoms with Crippen LogP contribution in [0, 0.1) is 0 Å². The van der Waals surface area contributed by atoms with E-state index in [0.29, 0.717) is 10.8 Å². The van der Waals surface area contributed by atoms with Gasteiger partial charge in [0.05, 0.1) is 12.7 Å². The molecule has 0 radical (unpaired) electrons. The minimum absolute atomic E-state index is 0.0560. The third kappa shape index (κ3) is 3.46. The molecule has 0 aliphatic carbocycles. The number of hydrogen-bond acceptors (Lipinski definition) is 4. The van der Waals surface area contributed by atoms with Crippen molar-refractivity contribution in [3.8, 4) is 0 Å². The van der Waals surface area contributed by atoms with E-state index in [1.807, 2.05) is 4.90 Å². The first-order valence-corrected chi connectivity index (χ1v) is 6.62. The normalized spacial score (nSPS) is 15.6. The maximum absolute atomic E-state index is 11.9. The number of nitrogens with zero attached hydrogens (tertiary/aromatic N) is 3. The second-order valence-electron chi connectivity index (χ2n) is 4.13. The van der Waals surface area contributed by atoms with E-state index >= 15 is 0 Å². The highest BCUT2D eigenvalue weighted by Gasteiger charge is 2.16. The predicted octanol–water partition coefficient (Wildman–Crippen LogP) is 2.21. The van der Waals surface area contributed by atoms with Gasteiger partial charge in [0.25, 0.3) is 0 Å². The summed E-state index contributed by atoms with van der Waals surface area (Å²) in [5.41, 5.74) is 0. The highest BCUT2D eigenvalue weighted by Crippen LogP contribution is 2.19. The number of anilines is 1. The van der Waals surface area contributed by atoms with Gasteiger partial charge in [-0.05, 0) is 30.9 Å². The van der Waals surface area contributed by atoms with E-state index in [9.17, 15) is 4.79 Å². The lowest BCUT2D eigenvalue weighted by Crippen LogP contribution is -2.39. The van der Waals surface area contributed by atoms with Crippen molar-refractivity contribution in [2.24, 2.45) is 0 Å². The van der Waals surface area contributed by atoms with Crippen molar-refractivity contribution < 1.29 is 4.79 Å². The Bertz CT molecular complexity index is 435. The van der Waals surface area contributed by atoms with Crippen molar-refractivity contribution in [2.75, 3.05) is 25.0 Å². The zero-order chi connectivity index (χ0) is 13.0. The van der Waals surface area contributed by atoms with Gasteiger partial charge in [0, 0.05) is 13.1 Å². The van der Waals surface area contributed by atoms with Crippen molar-refractivity contribution >= 4 is 34.9 Å². The highest BCUT2D eigenvalue weighted by atomic mass is 35.5. The Labute approximate surface area is 115 Å². The predicted molar refractivity (Wildman–Crippen MR) is 71.0 cm³/mol. The fraction of sp³-hybridized carbons (Fsp3) is 0.545. The summed E-state index contributed by atoms with van der Waals surface area (Å²) in [6.45, 7) is 1.84. The third-order valence-electron chi connectivity index (χ3n) is 2.83. The summed E-state index contributed by atoms with van der Waals surface area (Å²) < 4.78 is 0. The molecular formula is C11H14Cl2N4O. The topological polar surface area (TPSA) is 58.1 Å². The van der Waals surface area contributed by atoms with Crippen LogP contribution in [0.1, 0.15) is 19.3 Å². The number of halogens is 2. The molecule has 1 aliphatic rings. The molecule has 1 fully saturated rings. The van der Waals surface area contributed by atoms with Crippen molar-refractivity contribution in [3.05, 3.63) is 16.5 Å². The van der Waals surface area contributed by atoms with E-state index in [2.05, 4.69) is 15.3 Å². The Kier molecular flexibility index (Phi) is 4.60. The molecule has 7 heteroatoms. The molecular weight excluding hydrogens is 275 g/mol. The largest absolute Gasteiger partial charge is 0.360 e. The molecule has 0 saturated carbocycles. The van der Waals surface area contributed by atoms with E-state index in [1.54, 1.807) is 0 Å². The molecule has 0 atom stereocenters. The van der Waals surface area contributed by atoms with Crippen LogP contribution >= 0.6 is 23.2 Å². The van der Waals surface area contributed by atoms with Crippen LogP contribution in [-0.2, 0) is 4.79 Å². The smallest absolute Gasteiger partial charge is 0.241 e. The van der Waals surface area contributed by atoms with E-state index in [-0.39, 0.29) is 17.7 Å². The first-order chi connectivity index (χ1) is 8.66. The quantitative estimate of drug-likeness (QED) is 0.867. The van der Waals surface area contributed by atoms with Crippen LogP contribution in [0.5, 0.6) is 0 Å². The average Bonchev–Trinajstić information content (AvgIpc) is 2.40. The van der Waals surface area contributed by atoms with Crippen LogP contribution in [-0.4, -0.2) is 40.4 Å². The summed E-state index contributed by atoms with van der Waals surface area (Å²) >= 11 is 11.6. The number of amides is 1. The van der Waals surface area contributed by atoms with Crippen LogP contribution in [0.4, 0.5) is 5.82 Å². The van der Waals surface area contributed by atoms with Gasteiger partial charge in [0.2, 0.25) is 11.2 Å². The Morgan fingerprint density at radius 3 is 2.78 bits per heavy atom. The van der Waals surface area contributed by atoms with Gasteiger partial charge in [-0.2, -0.15) is 4.98 Å². The minimum Gasteiger partial charge on any atom is -0.360 e. The van der Waals surface area contributed by atoms with Crippen molar-refractivity contribution in [1.82, 2.24) is 14.9 Å². The summed E-state index contributed by atoms with van der Waals surface area (Å²) in [6.07, 6.45) is 4.76. The SMILES string of the molecule is O=C(CNc1nc(Cl)ncc1Cl)N1CCCCC1. The summed E-state index contributed by atoms with van der Waals surface area (Å²) in [5, 5.41) is 3.35. The Hall–Kier alpha value is -1.07. The van der Waals surface area contributed by atoms with Gasteiger partial charge >= 0.3 is 0 Å². The number of piperidine rings is 1. The number of aromatic nitrogens is 2. The Balaban J connectivity index is 1.90. The Morgan fingerprint density at radius 2 is 2.06 bits per heavy atom. The van der Waals surface area contributed by atoms with E-state index in [0.717, 1.165) is 25.9 Å². The third-order valence-corrected chi connectivity index (χ3v) is 3.29. The molecule has 1 saturated heterocycles. The second kappa shape index (κ2) is 6.20. The molecule has 1 N–H and O–H groups in total. The van der Waals surface area contributed by atoms with Gasteiger partial charge in [-0.3, -0.25) is 4.79 Å². The van der Waals surface area contributed by atoms with E-state index in [1.165, 1.54) is 12.6 Å². The fourth-order valence-electron chi connectivity index (χ4n) is 1.88. The second-order valence-corrected chi connectivity index (χ2v) is 4.88. The van der Waals surface area contributed by atoms with Gasteiger partial charge in [-0.25, -0.2) is 4.98 Å². The zero-order valence-corrected chi connectivity index (χ0v) is 11.3. The van der Waals surface area contributed by atoms with E-state index in [4.69, 9.17) is 23.2 Å². The maximum atomic E-state index is 11.9. The van der Waals surface area contributed by atoms with Crippen LogP contribution in [0.15, 0.2) is 6.20 Å². The Morgan fingerprint density at radius 1 is 1.33 bits per heavy atom. The van der Waals surface area contributed by atoms with Crippen LogP contribution in [0.2, 0.25) is 10.3 Å². The number of rotatable bonds is 3. The average molecular weight is 289 g/mol. The molecule has 0 aromatic carbocycles. The monoisotopic (exact) mass is 288 g/mol. The lowest BCUT2D eigenvalue weighted by molar-refractivity contribution is -0.130. The molecule has 2 heterocycles. The number of carbonyl (C=O) groups is 1. The molecule has 98 valence electrons. The lowest BCUT2D eigenvalue weighted by atomic mass is 10.1. The molecule has 1 amide bonds. The summed E-state index contributed by atoms with van der Waals surface area (Å²) in [6, 6.07) is 0. The standard InChI is InChI=1S/C11H14Cl2N4O/c12-8-6-15-11(13)16-10(8)14-7-9(18)17-4-2-1-3-5-17/h6H,1-5,7H2,(H,14,15,16).